The second-order valence-corrected chi connectivity index (χ2v) is 12.4. The van der Waals surface area contributed by atoms with E-state index < -0.39 is 141 Å². The Bertz CT molecular complexity index is 1090. The Kier molecular flexibility index (Phi) is 13.1. The summed E-state index contributed by atoms with van der Waals surface area (Å²) in [5, 5.41) is 97.3. The van der Waals surface area contributed by atoms with Crippen LogP contribution >= 0.6 is 0 Å². The van der Waals surface area contributed by atoms with Crippen LogP contribution in [0.3, 0.4) is 0 Å². The zero-order valence-corrected chi connectivity index (χ0v) is 26.9. The lowest BCUT2D eigenvalue weighted by molar-refractivity contribution is -0.389. The number of carbonyl (C=O) groups is 2. The van der Waals surface area contributed by atoms with E-state index in [-0.39, 0.29) is 0 Å². The van der Waals surface area contributed by atoms with Crippen LogP contribution in [0.25, 0.3) is 0 Å². The van der Waals surface area contributed by atoms with Gasteiger partial charge in [-0.2, -0.15) is 0 Å². The Balaban J connectivity index is 1.64. The molecule has 4 fully saturated rings. The largest absolute Gasteiger partial charge is 0.454 e. The quantitative estimate of drug-likeness (QED) is 0.100. The number of ether oxygens (including phenoxy) is 8. The number of rotatable bonds is 9. The van der Waals surface area contributed by atoms with Crippen molar-refractivity contribution in [1.82, 2.24) is 5.32 Å². The lowest BCUT2D eigenvalue weighted by Gasteiger charge is -2.49. The maximum atomic E-state index is 12.3. The first-order valence-corrected chi connectivity index (χ1v) is 15.5. The molecule has 4 aliphatic heterocycles. The van der Waals surface area contributed by atoms with Crippen molar-refractivity contribution < 1.29 is 93.4 Å². The number of aliphatic hydroxyl groups is 9. The molecule has 4 aliphatic rings. The van der Waals surface area contributed by atoms with Crippen LogP contribution in [0.4, 0.5) is 0 Å². The molecule has 10 N–H and O–H groups in total. The molecule has 4 saturated heterocycles. The lowest BCUT2D eigenvalue weighted by atomic mass is 9.95. The summed E-state index contributed by atoms with van der Waals surface area (Å²) in [6, 6.07) is -1.42. The predicted molar refractivity (Wildman–Crippen MR) is 151 cm³/mol. The molecule has 0 bridgehead atoms. The van der Waals surface area contributed by atoms with Gasteiger partial charge in [0.1, 0.15) is 73.2 Å². The van der Waals surface area contributed by atoms with Crippen molar-refractivity contribution in [3.05, 3.63) is 0 Å². The predicted octanol–water partition coefficient (Wildman–Crippen LogP) is -5.95. The number of hydrogen-bond acceptors (Lipinski definition) is 19. The Morgan fingerprint density at radius 3 is 1.65 bits per heavy atom. The van der Waals surface area contributed by atoms with E-state index in [2.05, 4.69) is 5.32 Å². The summed E-state index contributed by atoms with van der Waals surface area (Å²) in [6.07, 6.45) is -29.6. The third kappa shape index (κ3) is 8.26. The normalized spacial score (nSPS) is 50.0. The van der Waals surface area contributed by atoms with Crippen molar-refractivity contribution in [2.24, 2.45) is 0 Å². The lowest BCUT2D eigenvalue weighted by Crippen LogP contribution is -2.68. The van der Waals surface area contributed by atoms with Crippen molar-refractivity contribution in [3.8, 4) is 0 Å². The smallest absolute Gasteiger partial charge is 0.303 e. The molecule has 20 unspecified atom stereocenters. The van der Waals surface area contributed by atoms with Crippen LogP contribution in [0.1, 0.15) is 34.6 Å². The van der Waals surface area contributed by atoms with Gasteiger partial charge in [-0.1, -0.05) is 0 Å². The molecule has 4 heterocycles. The van der Waals surface area contributed by atoms with E-state index in [4.69, 9.17) is 37.9 Å². The number of aliphatic hydroxyl groups excluding tert-OH is 9. The zero-order valence-electron chi connectivity index (χ0n) is 26.9. The molecule has 0 aromatic heterocycles. The third-order valence-electron chi connectivity index (χ3n) is 8.77. The molecule has 20 nitrogen and oxygen atoms in total. The van der Waals surface area contributed by atoms with Gasteiger partial charge < -0.3 is 89.2 Å². The van der Waals surface area contributed by atoms with Gasteiger partial charge >= 0.3 is 5.97 Å². The van der Waals surface area contributed by atoms with Crippen LogP contribution in [0, 0.1) is 0 Å². The van der Waals surface area contributed by atoms with Crippen molar-refractivity contribution in [2.45, 2.75) is 157 Å². The van der Waals surface area contributed by atoms with Gasteiger partial charge in [0.15, 0.2) is 31.3 Å². The standard InChI is InChI=1S/C28H47NO19/c1-7-14(33)18(37)20(39)26(41-7)48-23-19(38)15(34)8(2)42-27(23)47-22-16(35)9(3)43-28(24(22)44-11(5)32)46-21-13(29-10(4)31)25(40)45-12(6-30)17(21)36/h7-9,12-28,30,33-40H,6H2,1-5H3,(H,29,31). The molecule has 1 amide bonds. The number of esters is 1. The molecule has 278 valence electrons. The Labute approximate surface area is 274 Å². The summed E-state index contributed by atoms with van der Waals surface area (Å²) in [6.45, 7) is 5.59. The third-order valence-corrected chi connectivity index (χ3v) is 8.77. The average molecular weight is 702 g/mol. The fraction of sp³-hybridized carbons (Fsp3) is 0.929. The van der Waals surface area contributed by atoms with Crippen LogP contribution in [0.2, 0.25) is 0 Å². The van der Waals surface area contributed by atoms with Gasteiger partial charge in [0, 0.05) is 13.8 Å². The molecule has 0 aliphatic carbocycles. The monoisotopic (exact) mass is 701 g/mol. The molecule has 0 aromatic carbocycles. The summed E-state index contributed by atoms with van der Waals surface area (Å²) >= 11 is 0. The molecule has 0 radical (unpaired) electrons. The van der Waals surface area contributed by atoms with E-state index in [9.17, 15) is 55.5 Å². The molecule has 48 heavy (non-hydrogen) atoms. The van der Waals surface area contributed by atoms with Crippen molar-refractivity contribution in [2.75, 3.05) is 6.61 Å². The summed E-state index contributed by atoms with van der Waals surface area (Å²) < 4.78 is 45.5. The van der Waals surface area contributed by atoms with E-state index in [1.807, 2.05) is 0 Å². The van der Waals surface area contributed by atoms with E-state index in [1.165, 1.54) is 20.8 Å². The minimum absolute atomic E-state index is 0.643. The summed E-state index contributed by atoms with van der Waals surface area (Å²) in [4.78, 5) is 24.2. The van der Waals surface area contributed by atoms with Crippen molar-refractivity contribution >= 4 is 11.9 Å². The molecule has 0 aromatic rings. The Morgan fingerprint density at radius 1 is 0.583 bits per heavy atom. The van der Waals surface area contributed by atoms with Crippen LogP contribution in [-0.2, 0) is 47.5 Å². The first-order chi connectivity index (χ1) is 22.5. The number of amides is 1. The van der Waals surface area contributed by atoms with Crippen LogP contribution in [0.15, 0.2) is 0 Å². The van der Waals surface area contributed by atoms with Crippen molar-refractivity contribution in [3.63, 3.8) is 0 Å². The van der Waals surface area contributed by atoms with Gasteiger partial charge in [-0.25, -0.2) is 0 Å². The zero-order chi connectivity index (χ0) is 35.8. The van der Waals surface area contributed by atoms with Gasteiger partial charge in [-0.15, -0.1) is 0 Å². The fourth-order valence-corrected chi connectivity index (χ4v) is 6.05. The topological polar surface area (TPSA) is 302 Å². The molecule has 20 atom stereocenters. The Hall–Kier alpha value is -1.70. The van der Waals surface area contributed by atoms with E-state index >= 15 is 0 Å². The maximum Gasteiger partial charge on any atom is 0.303 e. The van der Waals surface area contributed by atoms with Crippen LogP contribution in [0.5, 0.6) is 0 Å². The minimum atomic E-state index is -1.82. The second-order valence-electron chi connectivity index (χ2n) is 12.4. The SMILES string of the molecule is CC(=O)NC1C(O)OC(CO)C(O)C1OC1OC(C)C(O)C(OC2OC(C)C(O)C(O)C2OC2OC(C)C(O)C(O)C2O)C1OC(C)=O. The summed E-state index contributed by atoms with van der Waals surface area (Å²) in [5.74, 6) is -1.55. The van der Waals surface area contributed by atoms with Gasteiger partial charge in [-0.3, -0.25) is 9.59 Å². The van der Waals surface area contributed by atoms with E-state index in [0.717, 1.165) is 13.8 Å². The van der Waals surface area contributed by atoms with Crippen LogP contribution in [-0.4, -0.2) is 187 Å². The van der Waals surface area contributed by atoms with Gasteiger partial charge in [0.05, 0.1) is 24.9 Å². The maximum absolute atomic E-state index is 12.3. The second kappa shape index (κ2) is 16.1. The van der Waals surface area contributed by atoms with E-state index in [0.29, 0.717) is 0 Å². The molecular weight excluding hydrogens is 654 g/mol. The number of carbonyl (C=O) groups excluding carboxylic acids is 2. The van der Waals surface area contributed by atoms with Crippen LogP contribution < -0.4 is 5.32 Å². The number of nitrogens with one attached hydrogen (secondary N) is 1. The average Bonchev–Trinajstić information content (AvgIpc) is 3.02. The highest BCUT2D eigenvalue weighted by Gasteiger charge is 2.56. The summed E-state index contributed by atoms with van der Waals surface area (Å²) in [7, 11) is 0. The Morgan fingerprint density at radius 2 is 1.08 bits per heavy atom. The highest BCUT2D eigenvalue weighted by atomic mass is 16.8. The van der Waals surface area contributed by atoms with Gasteiger partial charge in [0.25, 0.3) is 0 Å². The highest BCUT2D eigenvalue weighted by Crippen LogP contribution is 2.35. The molecule has 0 spiro atoms. The fourth-order valence-electron chi connectivity index (χ4n) is 6.05. The summed E-state index contributed by atoms with van der Waals surface area (Å²) in [5.41, 5.74) is 0. The first kappa shape index (κ1) is 39.1. The van der Waals surface area contributed by atoms with Gasteiger partial charge in [0.2, 0.25) is 5.91 Å². The first-order valence-electron chi connectivity index (χ1n) is 15.5. The minimum Gasteiger partial charge on any atom is -0.454 e. The highest BCUT2D eigenvalue weighted by molar-refractivity contribution is 5.73. The van der Waals surface area contributed by atoms with Crippen molar-refractivity contribution in [1.29, 1.82) is 0 Å². The molecular formula is C28H47NO19. The van der Waals surface area contributed by atoms with E-state index in [1.54, 1.807) is 0 Å². The molecule has 4 rings (SSSR count). The number of hydrogen-bond donors (Lipinski definition) is 10. The van der Waals surface area contributed by atoms with Gasteiger partial charge in [-0.05, 0) is 20.8 Å². The molecule has 20 heteroatoms. The molecule has 0 saturated carbocycles.